The van der Waals surface area contributed by atoms with Crippen molar-refractivity contribution in [2.45, 2.75) is 13.3 Å². The largest absolute Gasteiger partial charge is 0.224 e. The van der Waals surface area contributed by atoms with E-state index in [4.69, 9.17) is 0 Å². The summed E-state index contributed by atoms with van der Waals surface area (Å²) in [6, 6.07) is 0. The van der Waals surface area contributed by atoms with Crippen LogP contribution in [-0.2, 0) is 9.84 Å². The molecule has 0 aromatic heterocycles. The van der Waals surface area contributed by atoms with Crippen molar-refractivity contribution >= 4 is 9.84 Å². The van der Waals surface area contributed by atoms with E-state index >= 15 is 0 Å². The molecule has 0 saturated carbocycles. The van der Waals surface area contributed by atoms with Crippen molar-refractivity contribution in [3.8, 4) is 0 Å². The van der Waals surface area contributed by atoms with Crippen LogP contribution in [0.1, 0.15) is 13.3 Å². The quantitative estimate of drug-likeness (QED) is 0.584. The Kier molecular flexibility index (Phi) is 3.36. The fraction of sp³-hybridized carbons (Fsp3) is 0.429. The van der Waals surface area contributed by atoms with Gasteiger partial charge in [0.05, 0.1) is 10.7 Å². The van der Waals surface area contributed by atoms with Crippen LogP contribution in [0.3, 0.4) is 0 Å². The molecule has 0 fully saturated rings. The number of sulfone groups is 1. The summed E-state index contributed by atoms with van der Waals surface area (Å²) in [5.74, 6) is 0.165. The highest BCUT2D eigenvalue weighted by Gasteiger charge is 2.09. The molecule has 0 aliphatic rings. The molecule has 0 aromatic carbocycles. The van der Waals surface area contributed by atoms with Crippen molar-refractivity contribution in [2.75, 3.05) is 5.75 Å². The van der Waals surface area contributed by atoms with Gasteiger partial charge in [0.15, 0.2) is 9.84 Å². The first-order valence-electron chi connectivity index (χ1n) is 3.08. The molecule has 0 amide bonds. The minimum atomic E-state index is -3.07. The monoisotopic (exact) mass is 160 g/mol. The molecule has 0 radical (unpaired) electrons. The van der Waals surface area contributed by atoms with Crippen LogP contribution in [-0.4, -0.2) is 14.2 Å². The van der Waals surface area contributed by atoms with E-state index in [1.807, 2.05) is 6.92 Å². The SMILES string of the molecule is C=CC(=C)S(=O)(=O)CCC. The summed E-state index contributed by atoms with van der Waals surface area (Å²) in [6.45, 7) is 8.50. The molecular weight excluding hydrogens is 148 g/mol. The summed E-state index contributed by atoms with van der Waals surface area (Å²) in [7, 11) is -3.07. The van der Waals surface area contributed by atoms with E-state index in [2.05, 4.69) is 13.2 Å². The number of hydrogen-bond acceptors (Lipinski definition) is 2. The fourth-order valence-corrected chi connectivity index (χ4v) is 1.58. The first-order chi connectivity index (χ1) is 4.54. The molecule has 0 bridgehead atoms. The molecule has 2 nitrogen and oxygen atoms in total. The Morgan fingerprint density at radius 3 is 2.40 bits per heavy atom. The van der Waals surface area contributed by atoms with Gasteiger partial charge in [-0.2, -0.15) is 0 Å². The van der Waals surface area contributed by atoms with Crippen LogP contribution < -0.4 is 0 Å². The average Bonchev–Trinajstić information content (AvgIpc) is 1.86. The average molecular weight is 160 g/mol. The van der Waals surface area contributed by atoms with E-state index in [0.29, 0.717) is 6.42 Å². The fourth-order valence-electron chi connectivity index (χ4n) is 0.527. The lowest BCUT2D eigenvalue weighted by atomic mass is 10.6. The zero-order valence-corrected chi connectivity index (χ0v) is 6.95. The van der Waals surface area contributed by atoms with Crippen LogP contribution in [0.4, 0.5) is 0 Å². The van der Waals surface area contributed by atoms with Crippen molar-refractivity contribution in [1.29, 1.82) is 0 Å². The molecule has 0 rings (SSSR count). The van der Waals surface area contributed by atoms with Crippen molar-refractivity contribution in [3.63, 3.8) is 0 Å². The minimum absolute atomic E-state index is 0.120. The van der Waals surface area contributed by atoms with Gasteiger partial charge in [0.1, 0.15) is 0 Å². The van der Waals surface area contributed by atoms with Crippen LogP contribution in [0.15, 0.2) is 24.1 Å². The van der Waals surface area contributed by atoms with Gasteiger partial charge in [0.25, 0.3) is 0 Å². The van der Waals surface area contributed by atoms with Crippen molar-refractivity contribution < 1.29 is 8.42 Å². The lowest BCUT2D eigenvalue weighted by Crippen LogP contribution is -2.05. The maximum Gasteiger partial charge on any atom is 0.177 e. The van der Waals surface area contributed by atoms with Crippen LogP contribution in [0.5, 0.6) is 0 Å². The molecule has 58 valence electrons. The van der Waals surface area contributed by atoms with E-state index < -0.39 is 9.84 Å². The predicted molar refractivity (Wildman–Crippen MR) is 43.4 cm³/mol. The van der Waals surface area contributed by atoms with Crippen molar-refractivity contribution in [2.24, 2.45) is 0 Å². The van der Waals surface area contributed by atoms with Gasteiger partial charge in [0, 0.05) is 0 Å². The Balaban J connectivity index is 4.42. The molecule has 0 aliphatic heterocycles. The third kappa shape index (κ3) is 2.35. The smallest absolute Gasteiger partial charge is 0.177 e. The molecule has 0 aliphatic carbocycles. The lowest BCUT2D eigenvalue weighted by Gasteiger charge is -1.98. The van der Waals surface area contributed by atoms with Crippen LogP contribution in [0, 0.1) is 0 Å². The molecule has 0 atom stereocenters. The summed E-state index contributed by atoms with van der Waals surface area (Å²) < 4.78 is 22.0. The molecule has 0 aromatic rings. The Morgan fingerprint density at radius 2 is 2.10 bits per heavy atom. The van der Waals surface area contributed by atoms with Crippen molar-refractivity contribution in [1.82, 2.24) is 0 Å². The van der Waals surface area contributed by atoms with Crippen LogP contribution in [0.25, 0.3) is 0 Å². The third-order valence-electron chi connectivity index (χ3n) is 1.10. The van der Waals surface area contributed by atoms with Crippen LogP contribution >= 0.6 is 0 Å². The van der Waals surface area contributed by atoms with Crippen LogP contribution in [0.2, 0.25) is 0 Å². The van der Waals surface area contributed by atoms with Gasteiger partial charge >= 0.3 is 0 Å². The topological polar surface area (TPSA) is 34.1 Å². The maximum absolute atomic E-state index is 11.0. The van der Waals surface area contributed by atoms with Gasteiger partial charge in [-0.15, -0.1) is 0 Å². The maximum atomic E-state index is 11.0. The molecular formula is C7H12O2S. The standard InChI is InChI=1S/C7H12O2S/c1-4-6-10(8,9)7(3)5-2/h5H,2-4,6H2,1H3. The first kappa shape index (κ1) is 9.43. The molecule has 0 N–H and O–H groups in total. The normalized spacial score (nSPS) is 10.9. The Bertz CT molecular complexity index is 224. The highest BCUT2D eigenvalue weighted by atomic mass is 32.2. The van der Waals surface area contributed by atoms with Gasteiger partial charge in [-0.05, 0) is 6.42 Å². The summed E-state index contributed by atoms with van der Waals surface area (Å²) in [6.07, 6.45) is 1.89. The second-order valence-electron chi connectivity index (χ2n) is 1.99. The summed E-state index contributed by atoms with van der Waals surface area (Å²) in [5, 5.41) is 0. The Morgan fingerprint density at radius 1 is 1.60 bits per heavy atom. The molecule has 0 heterocycles. The first-order valence-corrected chi connectivity index (χ1v) is 4.74. The zero-order chi connectivity index (χ0) is 8.20. The van der Waals surface area contributed by atoms with Crippen molar-refractivity contribution in [3.05, 3.63) is 24.1 Å². The van der Waals surface area contributed by atoms with Gasteiger partial charge < -0.3 is 0 Å². The summed E-state index contributed by atoms with van der Waals surface area (Å²) >= 11 is 0. The number of rotatable bonds is 4. The summed E-state index contributed by atoms with van der Waals surface area (Å²) in [5.41, 5.74) is 0. The second kappa shape index (κ2) is 3.56. The van der Waals surface area contributed by atoms with E-state index in [-0.39, 0.29) is 10.7 Å². The minimum Gasteiger partial charge on any atom is -0.224 e. The van der Waals surface area contributed by atoms with E-state index in [1.165, 1.54) is 6.08 Å². The highest BCUT2D eigenvalue weighted by Crippen LogP contribution is 2.06. The van der Waals surface area contributed by atoms with Gasteiger partial charge in [-0.1, -0.05) is 26.2 Å². The summed E-state index contributed by atoms with van der Waals surface area (Å²) in [4.78, 5) is 0.120. The van der Waals surface area contributed by atoms with Gasteiger partial charge in [0.2, 0.25) is 0 Å². The van der Waals surface area contributed by atoms with Gasteiger partial charge in [-0.25, -0.2) is 8.42 Å². The van der Waals surface area contributed by atoms with Gasteiger partial charge in [-0.3, -0.25) is 0 Å². The van der Waals surface area contributed by atoms with E-state index in [1.54, 1.807) is 0 Å². The Hall–Kier alpha value is -0.570. The number of hydrogen-bond donors (Lipinski definition) is 0. The molecule has 0 saturated heterocycles. The molecule has 0 unspecified atom stereocenters. The van der Waals surface area contributed by atoms with E-state index in [0.717, 1.165) is 0 Å². The molecule has 0 spiro atoms. The van der Waals surface area contributed by atoms with E-state index in [9.17, 15) is 8.42 Å². The zero-order valence-electron chi connectivity index (χ0n) is 6.13. The molecule has 10 heavy (non-hydrogen) atoms. The lowest BCUT2D eigenvalue weighted by molar-refractivity contribution is 0.601. The Labute approximate surface area is 62.2 Å². The predicted octanol–water partition coefficient (Wildman–Crippen LogP) is 1.51. The highest BCUT2D eigenvalue weighted by molar-refractivity contribution is 7.95. The molecule has 3 heteroatoms. The number of allylic oxidation sites excluding steroid dienone is 1. The second-order valence-corrected chi connectivity index (χ2v) is 4.15. The third-order valence-corrected chi connectivity index (χ3v) is 3.01.